The number of fused-ring (bicyclic) bond motifs is 1. The first-order chi connectivity index (χ1) is 13.0. The van der Waals surface area contributed by atoms with E-state index in [1.54, 1.807) is 29.3 Å². The van der Waals surface area contributed by atoms with Gasteiger partial charge in [0, 0.05) is 17.4 Å². The van der Waals surface area contributed by atoms with E-state index >= 15 is 0 Å². The van der Waals surface area contributed by atoms with Gasteiger partial charge in [-0.25, -0.2) is 9.37 Å². The summed E-state index contributed by atoms with van der Waals surface area (Å²) in [6, 6.07) is 15.9. The zero-order valence-corrected chi connectivity index (χ0v) is 15.4. The van der Waals surface area contributed by atoms with Crippen molar-refractivity contribution < 1.29 is 9.18 Å². The minimum Gasteiger partial charge on any atom is -0.354 e. The van der Waals surface area contributed by atoms with E-state index in [1.165, 1.54) is 17.7 Å². The molecule has 0 spiro atoms. The van der Waals surface area contributed by atoms with Crippen molar-refractivity contribution >= 4 is 34.6 Å². The lowest BCUT2D eigenvalue weighted by molar-refractivity contribution is 0.0976. The quantitative estimate of drug-likeness (QED) is 0.677. The van der Waals surface area contributed by atoms with Gasteiger partial charge < -0.3 is 10.2 Å². The molecule has 0 saturated carbocycles. The number of aromatic nitrogens is 1. The molecule has 0 aliphatic carbocycles. The second-order valence-electron chi connectivity index (χ2n) is 6.54. The fourth-order valence-electron chi connectivity index (χ4n) is 3.33. The van der Waals surface area contributed by atoms with Gasteiger partial charge >= 0.3 is 0 Å². The standard InChI is InChI=1S/C21H17ClFN3O/c1-13-10-14-4-2-3-5-20(14)26(13)21(27)19-9-7-16(12-24-19)25-15-6-8-18(23)17(22)11-15/h2-9,11-13,25H,10H2,1H3. The summed E-state index contributed by atoms with van der Waals surface area (Å²) >= 11 is 5.79. The Morgan fingerprint density at radius 1 is 1.19 bits per heavy atom. The summed E-state index contributed by atoms with van der Waals surface area (Å²) in [5, 5.41) is 3.14. The Morgan fingerprint density at radius 2 is 1.96 bits per heavy atom. The van der Waals surface area contributed by atoms with Crippen LogP contribution in [0.2, 0.25) is 5.02 Å². The molecule has 1 aliphatic rings. The number of benzene rings is 2. The van der Waals surface area contributed by atoms with E-state index in [9.17, 15) is 9.18 Å². The highest BCUT2D eigenvalue weighted by atomic mass is 35.5. The maximum Gasteiger partial charge on any atom is 0.277 e. The molecule has 2 heterocycles. The first-order valence-corrected chi connectivity index (χ1v) is 9.00. The van der Waals surface area contributed by atoms with E-state index in [-0.39, 0.29) is 17.0 Å². The van der Waals surface area contributed by atoms with Gasteiger partial charge in [0.15, 0.2) is 0 Å². The van der Waals surface area contributed by atoms with Crippen LogP contribution in [0, 0.1) is 5.82 Å². The van der Waals surface area contributed by atoms with Gasteiger partial charge in [0.2, 0.25) is 0 Å². The number of rotatable bonds is 3. The summed E-state index contributed by atoms with van der Waals surface area (Å²) in [7, 11) is 0. The van der Waals surface area contributed by atoms with E-state index in [0.717, 1.165) is 12.1 Å². The number of pyridine rings is 1. The van der Waals surface area contributed by atoms with Crippen molar-refractivity contribution in [1.29, 1.82) is 0 Å². The average Bonchev–Trinajstić information content (AvgIpc) is 3.00. The van der Waals surface area contributed by atoms with Crippen molar-refractivity contribution in [2.24, 2.45) is 0 Å². The van der Waals surface area contributed by atoms with Crippen molar-refractivity contribution in [2.45, 2.75) is 19.4 Å². The molecule has 0 radical (unpaired) electrons. The smallest absolute Gasteiger partial charge is 0.277 e. The SMILES string of the molecule is CC1Cc2ccccc2N1C(=O)c1ccc(Nc2ccc(F)c(Cl)c2)cn1. The number of para-hydroxylation sites is 1. The maximum absolute atomic E-state index is 13.3. The van der Waals surface area contributed by atoms with Crippen molar-refractivity contribution in [3.05, 3.63) is 82.9 Å². The van der Waals surface area contributed by atoms with Crippen LogP contribution in [0.1, 0.15) is 23.0 Å². The van der Waals surface area contributed by atoms with E-state index < -0.39 is 5.82 Å². The molecule has 1 N–H and O–H groups in total. The molecule has 136 valence electrons. The van der Waals surface area contributed by atoms with Crippen LogP contribution in [0.3, 0.4) is 0 Å². The number of hydrogen-bond donors (Lipinski definition) is 1. The molecule has 2 aromatic carbocycles. The predicted molar refractivity (Wildman–Crippen MR) is 105 cm³/mol. The largest absolute Gasteiger partial charge is 0.354 e. The van der Waals surface area contributed by atoms with Gasteiger partial charge in [-0.05, 0) is 55.3 Å². The maximum atomic E-state index is 13.3. The highest BCUT2D eigenvalue weighted by Gasteiger charge is 2.31. The Morgan fingerprint density at radius 3 is 2.70 bits per heavy atom. The lowest BCUT2D eigenvalue weighted by Gasteiger charge is -2.22. The number of nitrogens with one attached hydrogen (secondary N) is 1. The van der Waals surface area contributed by atoms with Gasteiger partial charge in [-0.3, -0.25) is 4.79 Å². The molecular weight excluding hydrogens is 365 g/mol. The molecule has 0 fully saturated rings. The van der Waals surface area contributed by atoms with Crippen molar-refractivity contribution in [2.75, 3.05) is 10.2 Å². The Balaban J connectivity index is 1.54. The van der Waals surface area contributed by atoms with Gasteiger partial charge in [0.25, 0.3) is 5.91 Å². The Labute approximate surface area is 161 Å². The topological polar surface area (TPSA) is 45.2 Å². The van der Waals surface area contributed by atoms with Crippen LogP contribution in [-0.4, -0.2) is 16.9 Å². The zero-order valence-electron chi connectivity index (χ0n) is 14.6. The van der Waals surface area contributed by atoms with Crippen LogP contribution in [0.25, 0.3) is 0 Å². The van der Waals surface area contributed by atoms with Crippen LogP contribution in [0.5, 0.6) is 0 Å². The molecule has 1 amide bonds. The van der Waals surface area contributed by atoms with Gasteiger partial charge in [0.05, 0.1) is 16.9 Å². The third-order valence-electron chi connectivity index (χ3n) is 4.62. The van der Waals surface area contributed by atoms with Crippen molar-refractivity contribution in [3.63, 3.8) is 0 Å². The fraction of sp³-hybridized carbons (Fsp3) is 0.143. The molecule has 27 heavy (non-hydrogen) atoms. The highest BCUT2D eigenvalue weighted by molar-refractivity contribution is 6.31. The fourth-order valence-corrected chi connectivity index (χ4v) is 3.51. The monoisotopic (exact) mass is 381 g/mol. The second-order valence-corrected chi connectivity index (χ2v) is 6.95. The first-order valence-electron chi connectivity index (χ1n) is 8.62. The number of amides is 1. The third kappa shape index (κ3) is 3.38. The molecule has 1 aromatic heterocycles. The Bertz CT molecular complexity index is 1010. The number of halogens is 2. The Hall–Kier alpha value is -2.92. The molecule has 0 bridgehead atoms. The normalized spacial score (nSPS) is 15.5. The number of nitrogens with zero attached hydrogens (tertiary/aromatic N) is 2. The van der Waals surface area contributed by atoms with E-state index in [4.69, 9.17) is 11.6 Å². The molecular formula is C21H17ClFN3O. The lowest BCUT2D eigenvalue weighted by atomic mass is 10.1. The molecule has 3 aromatic rings. The molecule has 0 saturated heterocycles. The summed E-state index contributed by atoms with van der Waals surface area (Å²) < 4.78 is 13.3. The third-order valence-corrected chi connectivity index (χ3v) is 4.91. The lowest BCUT2D eigenvalue weighted by Crippen LogP contribution is -2.36. The van der Waals surface area contributed by atoms with Crippen LogP contribution in [-0.2, 0) is 6.42 Å². The molecule has 1 atom stereocenters. The summed E-state index contributed by atoms with van der Waals surface area (Å²) in [6.45, 7) is 2.03. The molecule has 4 rings (SSSR count). The number of anilines is 3. The number of hydrogen-bond acceptors (Lipinski definition) is 3. The number of carbonyl (C=O) groups is 1. The van der Waals surface area contributed by atoms with Crippen LogP contribution < -0.4 is 10.2 Å². The van der Waals surface area contributed by atoms with Crippen LogP contribution in [0.15, 0.2) is 60.8 Å². The van der Waals surface area contributed by atoms with Crippen LogP contribution >= 0.6 is 11.6 Å². The summed E-state index contributed by atoms with van der Waals surface area (Å²) in [5.41, 5.74) is 3.82. The van der Waals surface area contributed by atoms with Crippen LogP contribution in [0.4, 0.5) is 21.5 Å². The minimum atomic E-state index is -0.471. The molecule has 6 heteroatoms. The van der Waals surface area contributed by atoms with Crippen molar-refractivity contribution in [3.8, 4) is 0 Å². The summed E-state index contributed by atoms with van der Waals surface area (Å²) in [5.74, 6) is -0.592. The summed E-state index contributed by atoms with van der Waals surface area (Å²) in [4.78, 5) is 19.1. The second kappa shape index (κ2) is 7.00. The molecule has 1 unspecified atom stereocenters. The molecule has 1 aliphatic heterocycles. The Kier molecular flexibility index (Phi) is 4.54. The average molecular weight is 382 g/mol. The molecule has 4 nitrogen and oxygen atoms in total. The minimum absolute atomic E-state index is 0.0430. The van der Waals surface area contributed by atoms with Gasteiger partial charge in [0.1, 0.15) is 11.5 Å². The number of carbonyl (C=O) groups excluding carboxylic acids is 1. The predicted octanol–water partition coefficient (Wildman–Crippen LogP) is 5.21. The van der Waals surface area contributed by atoms with Gasteiger partial charge in [-0.15, -0.1) is 0 Å². The summed E-state index contributed by atoms with van der Waals surface area (Å²) in [6.07, 6.45) is 2.42. The first kappa shape index (κ1) is 17.5. The zero-order chi connectivity index (χ0) is 19.0. The van der Waals surface area contributed by atoms with Crippen molar-refractivity contribution in [1.82, 2.24) is 4.98 Å². The van der Waals surface area contributed by atoms with E-state index in [2.05, 4.69) is 10.3 Å². The van der Waals surface area contributed by atoms with Gasteiger partial charge in [-0.2, -0.15) is 0 Å². The highest BCUT2D eigenvalue weighted by Crippen LogP contribution is 2.33. The van der Waals surface area contributed by atoms with Gasteiger partial charge in [-0.1, -0.05) is 29.8 Å². The van der Waals surface area contributed by atoms with E-state index in [0.29, 0.717) is 17.1 Å². The van der Waals surface area contributed by atoms with E-state index in [1.807, 2.05) is 31.2 Å².